The Kier molecular flexibility index (Phi) is 11.1. The highest BCUT2D eigenvalue weighted by molar-refractivity contribution is 9.10. The Morgan fingerprint density at radius 2 is 1.81 bits per heavy atom. The van der Waals surface area contributed by atoms with Gasteiger partial charge >= 0.3 is 5.69 Å². The number of aromatic hydroxyl groups is 2. The van der Waals surface area contributed by atoms with Crippen molar-refractivity contribution in [3.8, 4) is 28.6 Å². The Hall–Kier alpha value is -5.68. The smallest absolute Gasteiger partial charge is 0.348 e. The molecule has 0 saturated carbocycles. The van der Waals surface area contributed by atoms with E-state index >= 15 is 4.39 Å². The van der Waals surface area contributed by atoms with Crippen LogP contribution in [0.1, 0.15) is 35.7 Å². The van der Waals surface area contributed by atoms with E-state index in [1.807, 2.05) is 55.9 Å². The molecule has 3 heterocycles. The number of aliphatic hydroxyl groups excluding tert-OH is 1. The predicted octanol–water partition coefficient (Wildman–Crippen LogP) is 6.78. The topological polar surface area (TPSA) is 184 Å². The number of phenolic OH excluding ortho intramolecular Hbond substituents is 2. The Balaban J connectivity index is 0.000000184. The number of aryl methyl sites for hydroxylation is 2. The fourth-order valence-electron chi connectivity index (χ4n) is 5.83. The van der Waals surface area contributed by atoms with Crippen molar-refractivity contribution in [2.75, 3.05) is 18.5 Å². The molecule has 54 heavy (non-hydrogen) atoms. The first-order valence-corrected chi connectivity index (χ1v) is 17.6. The van der Waals surface area contributed by atoms with E-state index in [0.717, 1.165) is 15.4 Å². The summed E-state index contributed by atoms with van der Waals surface area (Å²) in [5.41, 5.74) is 5.39. The van der Waals surface area contributed by atoms with Gasteiger partial charge in [-0.3, -0.25) is 9.63 Å². The number of nitrogens with zero attached hydrogens (tertiary/aromatic N) is 5. The zero-order chi connectivity index (χ0) is 38.8. The Bertz CT molecular complexity index is 2580. The van der Waals surface area contributed by atoms with Gasteiger partial charge in [0.15, 0.2) is 11.6 Å². The minimum absolute atomic E-state index is 0.000486. The number of benzene rings is 4. The summed E-state index contributed by atoms with van der Waals surface area (Å²) in [5.74, 6) is -1.17. The summed E-state index contributed by atoms with van der Waals surface area (Å²) in [7, 11) is 3.65. The number of aliphatic hydroxyl groups is 1. The Morgan fingerprint density at radius 1 is 1.04 bits per heavy atom. The zero-order valence-electron chi connectivity index (χ0n) is 29.4. The van der Waals surface area contributed by atoms with Crippen molar-refractivity contribution in [2.45, 2.75) is 19.8 Å². The SMILES string of the molecule is CC(C)c1cc(-c2n[nH]c(=O)n2-c2ccc3c(ccn3C)c2)c(O)cc1O.Cn1cnc2c(F)c(Nc3ccc(Br)cc3Cl)c(C(=O)NOCCO)cc21. The third-order valence-corrected chi connectivity index (χ3v) is 9.37. The molecule has 17 heteroatoms. The van der Waals surface area contributed by atoms with Gasteiger partial charge in [-0.05, 0) is 66.1 Å². The molecule has 6 N–H and O–H groups in total. The number of hydrogen-bond donors (Lipinski definition) is 6. The van der Waals surface area contributed by atoms with Crippen molar-refractivity contribution in [2.24, 2.45) is 14.1 Å². The molecule has 0 saturated heterocycles. The number of nitrogens with one attached hydrogen (secondary N) is 3. The van der Waals surface area contributed by atoms with Crippen LogP contribution >= 0.6 is 27.5 Å². The largest absolute Gasteiger partial charge is 0.508 e. The molecule has 4 aromatic carbocycles. The number of rotatable bonds is 9. The lowest BCUT2D eigenvalue weighted by molar-refractivity contribution is 0.0169. The van der Waals surface area contributed by atoms with Crippen molar-refractivity contribution in [3.63, 3.8) is 0 Å². The number of phenols is 2. The van der Waals surface area contributed by atoms with E-state index in [2.05, 4.69) is 41.9 Å². The molecule has 7 rings (SSSR count). The summed E-state index contributed by atoms with van der Waals surface area (Å²) >= 11 is 9.51. The number of hydroxylamine groups is 1. The van der Waals surface area contributed by atoms with Gasteiger partial charge in [0.05, 0.1) is 58.3 Å². The summed E-state index contributed by atoms with van der Waals surface area (Å²) in [6.45, 7) is 3.52. The van der Waals surface area contributed by atoms with Crippen molar-refractivity contribution < 1.29 is 29.3 Å². The molecule has 0 aliphatic carbocycles. The van der Waals surface area contributed by atoms with Gasteiger partial charge in [0, 0.05) is 41.7 Å². The van der Waals surface area contributed by atoms with Crippen LogP contribution in [0.4, 0.5) is 15.8 Å². The number of anilines is 2. The average Bonchev–Trinajstić information content (AvgIpc) is 3.82. The van der Waals surface area contributed by atoms with Crippen LogP contribution in [-0.4, -0.2) is 63.3 Å². The molecule has 0 radical (unpaired) electrons. The van der Waals surface area contributed by atoms with Gasteiger partial charge in [-0.25, -0.2) is 29.3 Å². The second kappa shape index (κ2) is 15.7. The maximum atomic E-state index is 15.1. The summed E-state index contributed by atoms with van der Waals surface area (Å²) in [6.07, 6.45) is 3.41. The highest BCUT2D eigenvalue weighted by Crippen LogP contribution is 2.38. The van der Waals surface area contributed by atoms with Crippen LogP contribution in [0.3, 0.4) is 0 Å². The highest BCUT2D eigenvalue weighted by atomic mass is 79.9. The molecular weight excluding hydrogens is 787 g/mol. The number of H-pyrrole nitrogens is 1. The number of imidazole rings is 1. The molecule has 0 atom stereocenters. The summed E-state index contributed by atoms with van der Waals surface area (Å²) in [4.78, 5) is 33.9. The fourth-order valence-corrected chi connectivity index (χ4v) is 6.55. The van der Waals surface area contributed by atoms with Crippen LogP contribution in [0.25, 0.3) is 39.0 Å². The number of aromatic nitrogens is 6. The fraction of sp³-hybridized carbons (Fsp3) is 0.189. The van der Waals surface area contributed by atoms with Crippen LogP contribution in [-0.2, 0) is 18.9 Å². The normalized spacial score (nSPS) is 11.3. The van der Waals surface area contributed by atoms with Crippen LogP contribution in [0.5, 0.6) is 11.5 Å². The van der Waals surface area contributed by atoms with Gasteiger partial charge in [-0.2, -0.15) is 5.10 Å². The van der Waals surface area contributed by atoms with Crippen LogP contribution < -0.4 is 16.5 Å². The maximum Gasteiger partial charge on any atom is 0.348 e. The Labute approximate surface area is 320 Å². The quantitative estimate of drug-likeness (QED) is 0.0675. The molecule has 0 aliphatic rings. The van der Waals surface area contributed by atoms with E-state index in [4.69, 9.17) is 21.5 Å². The van der Waals surface area contributed by atoms with Crippen molar-refractivity contribution in [3.05, 3.63) is 110 Å². The second-order valence-electron chi connectivity index (χ2n) is 12.5. The number of amides is 1. The van der Waals surface area contributed by atoms with Gasteiger partial charge in [0.25, 0.3) is 5.91 Å². The summed E-state index contributed by atoms with van der Waals surface area (Å²) in [5, 5.41) is 40.0. The van der Waals surface area contributed by atoms with Gasteiger partial charge in [0.2, 0.25) is 0 Å². The average molecular weight is 822 g/mol. The molecule has 7 aromatic rings. The molecule has 0 spiro atoms. The molecule has 0 bridgehead atoms. The van der Waals surface area contributed by atoms with Crippen LogP contribution in [0.2, 0.25) is 5.02 Å². The van der Waals surface area contributed by atoms with Crippen molar-refractivity contribution in [1.82, 2.24) is 34.4 Å². The van der Waals surface area contributed by atoms with Gasteiger partial charge in [0.1, 0.15) is 17.0 Å². The highest BCUT2D eigenvalue weighted by Gasteiger charge is 2.23. The minimum atomic E-state index is -0.695. The minimum Gasteiger partial charge on any atom is -0.508 e. The van der Waals surface area contributed by atoms with E-state index in [0.29, 0.717) is 33.0 Å². The van der Waals surface area contributed by atoms with Crippen molar-refractivity contribution in [1.29, 1.82) is 0 Å². The van der Waals surface area contributed by atoms with E-state index in [1.54, 1.807) is 35.9 Å². The van der Waals surface area contributed by atoms with E-state index < -0.39 is 17.4 Å². The molecule has 14 nitrogen and oxygen atoms in total. The van der Waals surface area contributed by atoms with Gasteiger partial charge in [-0.15, -0.1) is 0 Å². The zero-order valence-corrected chi connectivity index (χ0v) is 31.7. The predicted molar refractivity (Wildman–Crippen MR) is 207 cm³/mol. The molecule has 1 amide bonds. The monoisotopic (exact) mass is 820 g/mol. The van der Waals surface area contributed by atoms with Crippen LogP contribution in [0.15, 0.2) is 82.5 Å². The maximum absolute atomic E-state index is 15.1. The van der Waals surface area contributed by atoms with E-state index in [1.165, 1.54) is 23.0 Å². The van der Waals surface area contributed by atoms with Crippen LogP contribution in [0, 0.1) is 5.82 Å². The van der Waals surface area contributed by atoms with E-state index in [-0.39, 0.29) is 53.2 Å². The lowest BCUT2D eigenvalue weighted by Gasteiger charge is -2.15. The molecule has 0 unspecified atom stereocenters. The number of carbonyl (C=O) groups is 1. The molecule has 0 aliphatic heterocycles. The lowest BCUT2D eigenvalue weighted by atomic mass is 9.98. The summed E-state index contributed by atoms with van der Waals surface area (Å²) in [6, 6.07) is 17.1. The number of hydrogen-bond acceptors (Lipinski definition) is 9. The third kappa shape index (κ3) is 7.54. The molecule has 0 fully saturated rings. The third-order valence-electron chi connectivity index (χ3n) is 8.56. The summed E-state index contributed by atoms with van der Waals surface area (Å²) < 4.78 is 20.9. The van der Waals surface area contributed by atoms with Gasteiger partial charge < -0.3 is 29.8 Å². The van der Waals surface area contributed by atoms with Gasteiger partial charge in [-0.1, -0.05) is 41.4 Å². The Morgan fingerprint density at radius 3 is 2.54 bits per heavy atom. The number of carbonyl (C=O) groups excluding carboxylic acids is 1. The number of fused-ring (bicyclic) bond motifs is 2. The lowest BCUT2D eigenvalue weighted by Crippen LogP contribution is -2.26. The second-order valence-corrected chi connectivity index (χ2v) is 13.9. The molecule has 280 valence electrons. The number of halogens is 3. The first-order chi connectivity index (χ1) is 25.8. The van der Waals surface area contributed by atoms with E-state index in [9.17, 15) is 19.8 Å². The molecule has 3 aromatic heterocycles. The van der Waals surface area contributed by atoms with Crippen molar-refractivity contribution >= 4 is 66.7 Å². The molecular formula is C37H35BrClFN8O6. The first-order valence-electron chi connectivity index (χ1n) is 16.5. The first kappa shape index (κ1) is 38.1. The number of aromatic amines is 1. The standard InChI is InChI=1S/C20H20N4O3.C17H15BrClFN4O3/c1-11(2)14-9-15(18(26)10-17(14)25)19-21-22-20(27)24(19)13-4-5-16-12(8-13)6-7-23(16)3;1-24-8-21-16-13(24)7-10(17(26)23-27-5-4-25)15(14(16)20)22-12-3-2-9(18)6-11(12)19/h4-11,25-26H,1-3H3,(H,22,27);2-3,6-8,22,25H,4-5H2,1H3,(H,23,26).